The lowest BCUT2D eigenvalue weighted by molar-refractivity contribution is 0.498. The Morgan fingerprint density at radius 3 is 2.27 bits per heavy atom. The van der Waals surface area contributed by atoms with Crippen LogP contribution in [0.2, 0.25) is 0 Å². The second-order valence-electron chi connectivity index (χ2n) is 10.7. The Labute approximate surface area is 228 Å². The minimum Gasteiger partial charge on any atom is -0.598 e. The van der Waals surface area contributed by atoms with Gasteiger partial charge in [-0.25, -0.2) is 0 Å². The molecule has 8 heteroatoms. The van der Waals surface area contributed by atoms with E-state index in [1.807, 2.05) is 77.2 Å². The molecule has 0 saturated carbocycles. The van der Waals surface area contributed by atoms with Crippen molar-refractivity contribution in [3.8, 4) is 0 Å². The van der Waals surface area contributed by atoms with E-state index >= 15 is 0 Å². The number of pyridine rings is 2. The van der Waals surface area contributed by atoms with Crippen molar-refractivity contribution in [1.82, 2.24) is 14.7 Å². The maximum atomic E-state index is 12.9. The topological polar surface area (TPSA) is 96.3 Å². The predicted octanol–water partition coefficient (Wildman–Crippen LogP) is 5.70. The van der Waals surface area contributed by atoms with Crippen LogP contribution in [-0.4, -0.2) is 34.8 Å². The zero-order valence-corrected chi connectivity index (χ0v) is 24.0. The normalized spacial score (nSPS) is 15.0. The molecule has 0 amide bonds. The van der Waals surface area contributed by atoms with Crippen LogP contribution in [0.25, 0.3) is 0 Å². The number of nitrogens with one attached hydrogen (secondary N) is 1. The maximum absolute atomic E-state index is 12.9. The Hall–Kier alpha value is -2.23. The fourth-order valence-electron chi connectivity index (χ4n) is 3.72. The maximum Gasteiger partial charge on any atom is 0.151 e. The van der Waals surface area contributed by atoms with Crippen molar-refractivity contribution in [2.24, 2.45) is 4.40 Å². The van der Waals surface area contributed by atoms with Gasteiger partial charge in [-0.1, -0.05) is 46.9 Å². The molecule has 0 spiro atoms. The van der Waals surface area contributed by atoms with Crippen molar-refractivity contribution in [1.29, 1.82) is 0 Å². The molecule has 0 fully saturated rings. The van der Waals surface area contributed by atoms with E-state index in [1.165, 1.54) is 5.56 Å². The first kappa shape index (κ1) is 29.3. The predicted molar refractivity (Wildman–Crippen MR) is 155 cm³/mol. The van der Waals surface area contributed by atoms with Gasteiger partial charge in [0.15, 0.2) is 4.75 Å². The van der Waals surface area contributed by atoms with Crippen LogP contribution in [0.1, 0.15) is 76.0 Å². The minimum atomic E-state index is -1.44. The molecule has 3 rings (SSSR count). The molecule has 0 saturated heterocycles. The lowest BCUT2D eigenvalue weighted by Gasteiger charge is -2.28. The standard InChI is InChI=1S/C29H38N4O2S2/c1-28(2,3)36(34)33-27(16-11-14-23-12-7-6-8-13-23)26-18-17-24(21-31-26)20-29(4,5)37(35)32-22-25-15-9-10-19-30-25/h6-10,12-13,15,17-19,21-22,27,33H,11,14,16,20H2,1-5H3/b32-22+/t27?,36-,37-/m0/s1. The number of benzene rings is 1. The van der Waals surface area contributed by atoms with E-state index < -0.39 is 27.5 Å². The van der Waals surface area contributed by atoms with Gasteiger partial charge >= 0.3 is 0 Å². The van der Waals surface area contributed by atoms with Gasteiger partial charge in [-0.3, -0.25) is 9.97 Å². The molecule has 1 N–H and O–H groups in total. The van der Waals surface area contributed by atoms with E-state index in [9.17, 15) is 9.11 Å². The van der Waals surface area contributed by atoms with Gasteiger partial charge in [0.2, 0.25) is 0 Å². The summed E-state index contributed by atoms with van der Waals surface area (Å²) in [7, 11) is 0. The van der Waals surface area contributed by atoms with Gasteiger partial charge in [-0.2, -0.15) is 0 Å². The third-order valence-corrected chi connectivity index (χ3v) is 8.88. The minimum absolute atomic E-state index is 0.122. The molecule has 0 aliphatic rings. The van der Waals surface area contributed by atoms with E-state index in [2.05, 4.69) is 38.4 Å². The highest BCUT2D eigenvalue weighted by Gasteiger charge is 2.34. The van der Waals surface area contributed by atoms with Gasteiger partial charge in [0.05, 0.1) is 17.4 Å². The molecule has 1 aromatic carbocycles. The average molecular weight is 539 g/mol. The van der Waals surface area contributed by atoms with Crippen molar-refractivity contribution in [2.45, 2.75) is 75.8 Å². The summed E-state index contributed by atoms with van der Waals surface area (Å²) in [6, 6.07) is 19.8. The van der Waals surface area contributed by atoms with Crippen LogP contribution in [-0.2, 0) is 35.6 Å². The third-order valence-electron chi connectivity index (χ3n) is 5.88. The molecule has 3 aromatic rings. The van der Waals surface area contributed by atoms with Gasteiger partial charge < -0.3 is 9.11 Å². The van der Waals surface area contributed by atoms with Crippen molar-refractivity contribution in [3.05, 3.63) is 95.6 Å². The Balaban J connectivity index is 1.66. The molecule has 6 nitrogen and oxygen atoms in total. The molecule has 3 atom stereocenters. The smallest absolute Gasteiger partial charge is 0.151 e. The first-order chi connectivity index (χ1) is 17.5. The number of rotatable bonds is 12. The Bertz CT molecular complexity index is 1100. The molecule has 1 unspecified atom stereocenters. The molecule has 0 aliphatic carbocycles. The van der Waals surface area contributed by atoms with E-state index in [4.69, 9.17) is 4.98 Å². The SMILES string of the molecule is CC(C)(C)[S@+]([O-])NC(CCCc1ccccc1)c1ccc(CC(C)(C)[S@+]([O-])/N=C/c2ccccn2)cn1. The molecule has 0 aliphatic heterocycles. The number of nitrogens with zero attached hydrogens (tertiary/aromatic N) is 3. The van der Waals surface area contributed by atoms with E-state index in [0.717, 1.165) is 30.5 Å². The number of hydrogen-bond acceptors (Lipinski definition) is 6. The first-order valence-corrected chi connectivity index (χ1v) is 14.8. The number of aryl methyl sites for hydroxylation is 1. The van der Waals surface area contributed by atoms with Crippen LogP contribution in [0.3, 0.4) is 0 Å². The molecule has 37 heavy (non-hydrogen) atoms. The summed E-state index contributed by atoms with van der Waals surface area (Å²) in [5.74, 6) is 0. The fourth-order valence-corrected chi connectivity index (χ4v) is 5.35. The van der Waals surface area contributed by atoms with Crippen molar-refractivity contribution in [3.63, 3.8) is 0 Å². The molecule has 2 aromatic heterocycles. The van der Waals surface area contributed by atoms with Crippen LogP contribution in [0.4, 0.5) is 0 Å². The summed E-state index contributed by atoms with van der Waals surface area (Å²) in [6.07, 6.45) is 8.37. The average Bonchev–Trinajstić information content (AvgIpc) is 2.87. The fraction of sp³-hybridized carbons (Fsp3) is 0.414. The summed E-state index contributed by atoms with van der Waals surface area (Å²) >= 11 is -2.65. The van der Waals surface area contributed by atoms with Crippen molar-refractivity contribution in [2.75, 3.05) is 0 Å². The summed E-state index contributed by atoms with van der Waals surface area (Å²) in [5.41, 5.74) is 3.81. The van der Waals surface area contributed by atoms with Gasteiger partial charge in [-0.05, 0) is 83.2 Å². The molecular weight excluding hydrogens is 500 g/mol. The molecular formula is C29H38N4O2S2. The van der Waals surface area contributed by atoms with Crippen LogP contribution in [0, 0.1) is 0 Å². The van der Waals surface area contributed by atoms with Crippen molar-refractivity contribution < 1.29 is 9.11 Å². The quantitative estimate of drug-likeness (QED) is 0.236. The zero-order chi connectivity index (χ0) is 26.9. The molecule has 198 valence electrons. The first-order valence-electron chi connectivity index (χ1n) is 12.6. The molecule has 0 bridgehead atoms. The number of hydrogen-bond donors (Lipinski definition) is 1. The van der Waals surface area contributed by atoms with Crippen LogP contribution in [0.5, 0.6) is 0 Å². The largest absolute Gasteiger partial charge is 0.598 e. The second-order valence-corrected chi connectivity index (χ2v) is 14.5. The highest BCUT2D eigenvalue weighted by molar-refractivity contribution is 7.91. The lowest BCUT2D eigenvalue weighted by atomic mass is 10.0. The van der Waals surface area contributed by atoms with E-state index in [-0.39, 0.29) is 10.8 Å². The monoisotopic (exact) mass is 538 g/mol. The van der Waals surface area contributed by atoms with Gasteiger partial charge in [0.1, 0.15) is 22.3 Å². The van der Waals surface area contributed by atoms with Gasteiger partial charge in [0.25, 0.3) is 0 Å². The highest BCUT2D eigenvalue weighted by Crippen LogP contribution is 2.26. The van der Waals surface area contributed by atoms with E-state index in [1.54, 1.807) is 12.4 Å². The van der Waals surface area contributed by atoms with Crippen LogP contribution < -0.4 is 4.72 Å². The summed E-state index contributed by atoms with van der Waals surface area (Å²) < 4.78 is 32.4. The Morgan fingerprint density at radius 2 is 1.65 bits per heavy atom. The Morgan fingerprint density at radius 1 is 0.919 bits per heavy atom. The Kier molecular flexibility index (Phi) is 10.7. The van der Waals surface area contributed by atoms with Gasteiger partial charge in [0, 0.05) is 30.2 Å². The zero-order valence-electron chi connectivity index (χ0n) is 22.4. The third kappa shape index (κ3) is 9.54. The second kappa shape index (κ2) is 13.5. The molecule has 2 heterocycles. The van der Waals surface area contributed by atoms with Gasteiger partial charge in [-0.15, -0.1) is 4.72 Å². The van der Waals surface area contributed by atoms with E-state index in [0.29, 0.717) is 12.1 Å². The lowest BCUT2D eigenvalue weighted by Crippen LogP contribution is -2.41. The summed E-state index contributed by atoms with van der Waals surface area (Å²) in [5, 5.41) is 0. The number of aromatic nitrogens is 2. The highest BCUT2D eigenvalue weighted by atomic mass is 32.2. The summed E-state index contributed by atoms with van der Waals surface area (Å²) in [4.78, 5) is 8.93. The van der Waals surface area contributed by atoms with Crippen LogP contribution >= 0.6 is 0 Å². The van der Waals surface area contributed by atoms with Crippen molar-refractivity contribution >= 4 is 28.9 Å². The van der Waals surface area contributed by atoms with Crippen LogP contribution in [0.15, 0.2) is 77.5 Å². The summed E-state index contributed by atoms with van der Waals surface area (Å²) in [6.45, 7) is 9.77. The molecule has 0 radical (unpaired) electrons.